The number of nitrogens with zero attached hydrogens (tertiary/aromatic N) is 2. The summed E-state index contributed by atoms with van der Waals surface area (Å²) in [6.45, 7) is 0. The van der Waals surface area contributed by atoms with Gasteiger partial charge in [0.15, 0.2) is 0 Å². The third-order valence-corrected chi connectivity index (χ3v) is 4.45. The van der Waals surface area contributed by atoms with Crippen LogP contribution in [-0.4, -0.2) is 23.1 Å². The topological polar surface area (TPSA) is 53.4 Å². The van der Waals surface area contributed by atoms with E-state index in [-0.39, 0.29) is 6.42 Å². The van der Waals surface area contributed by atoms with Gasteiger partial charge in [-0.05, 0) is 35.9 Å². The molecule has 1 heterocycles. The number of anilines is 1. The molecule has 0 aliphatic heterocycles. The summed E-state index contributed by atoms with van der Waals surface area (Å²) in [5.41, 5.74) is 2.80. The molecule has 0 radical (unpaired) electrons. The van der Waals surface area contributed by atoms with E-state index in [4.69, 9.17) is 5.11 Å². The largest absolute Gasteiger partial charge is 0.481 e. The van der Waals surface area contributed by atoms with E-state index in [2.05, 4.69) is 11.1 Å². The van der Waals surface area contributed by atoms with E-state index < -0.39 is 5.97 Å². The maximum Gasteiger partial charge on any atom is 0.307 e. The number of hydrogen-bond donors (Lipinski definition) is 1. The molecule has 0 saturated heterocycles. The van der Waals surface area contributed by atoms with E-state index >= 15 is 0 Å². The van der Waals surface area contributed by atoms with Gasteiger partial charge in [0.25, 0.3) is 0 Å². The molecule has 0 fully saturated rings. The van der Waals surface area contributed by atoms with Gasteiger partial charge in [-0.15, -0.1) is 11.3 Å². The van der Waals surface area contributed by atoms with Crippen molar-refractivity contribution in [3.63, 3.8) is 0 Å². The highest BCUT2D eigenvalue weighted by molar-refractivity contribution is 7.19. The number of carboxylic acids is 1. The Labute approximate surface area is 138 Å². The van der Waals surface area contributed by atoms with Gasteiger partial charge in [-0.2, -0.15) is 0 Å². The fourth-order valence-electron chi connectivity index (χ4n) is 2.25. The molecule has 0 aliphatic carbocycles. The van der Waals surface area contributed by atoms with Gasteiger partial charge in [-0.3, -0.25) is 4.79 Å². The molecule has 1 aromatic heterocycles. The normalized spacial score (nSPS) is 11.2. The van der Waals surface area contributed by atoms with Gasteiger partial charge in [-0.1, -0.05) is 24.3 Å². The minimum absolute atomic E-state index is 0.0472. The van der Waals surface area contributed by atoms with Crippen LogP contribution in [0.5, 0.6) is 0 Å². The molecule has 2 aromatic carbocycles. The molecule has 5 heteroatoms. The van der Waals surface area contributed by atoms with Crippen LogP contribution in [0.15, 0.2) is 54.7 Å². The molecule has 3 rings (SSSR count). The standard InChI is InChI=1S/C18H16N2O2S/c1-20(14-8-6-13(7-9-14)12-18(21)22)11-10-17-19-15-4-2-3-5-16(15)23-17/h2-11H,12H2,1H3,(H,21,22)/b11-10+. The number of aliphatic carboxylic acids is 1. The van der Waals surface area contributed by atoms with Crippen LogP contribution >= 0.6 is 11.3 Å². The van der Waals surface area contributed by atoms with Gasteiger partial charge >= 0.3 is 5.97 Å². The van der Waals surface area contributed by atoms with Crippen LogP contribution in [0.1, 0.15) is 10.6 Å². The van der Waals surface area contributed by atoms with Gasteiger partial charge in [0, 0.05) is 18.9 Å². The fourth-order valence-corrected chi connectivity index (χ4v) is 3.11. The lowest BCUT2D eigenvalue weighted by Crippen LogP contribution is -2.07. The zero-order valence-corrected chi connectivity index (χ0v) is 13.5. The first-order valence-corrected chi connectivity index (χ1v) is 8.01. The Hall–Kier alpha value is -2.66. The molecule has 0 atom stereocenters. The van der Waals surface area contributed by atoms with Gasteiger partial charge in [0.05, 0.1) is 16.6 Å². The number of para-hydroxylation sites is 1. The summed E-state index contributed by atoms with van der Waals surface area (Å²) in [4.78, 5) is 17.2. The number of rotatable bonds is 5. The second-order valence-corrected chi connectivity index (χ2v) is 6.25. The molecule has 116 valence electrons. The molecule has 0 aliphatic rings. The number of aromatic nitrogens is 1. The quantitative estimate of drug-likeness (QED) is 0.770. The summed E-state index contributed by atoms with van der Waals surface area (Å²) in [6, 6.07) is 15.6. The first-order chi connectivity index (χ1) is 11.1. The van der Waals surface area contributed by atoms with Crippen molar-refractivity contribution in [2.24, 2.45) is 0 Å². The zero-order chi connectivity index (χ0) is 16.2. The van der Waals surface area contributed by atoms with Gasteiger partial charge in [0.1, 0.15) is 5.01 Å². The lowest BCUT2D eigenvalue weighted by molar-refractivity contribution is -0.136. The SMILES string of the molecule is CN(/C=C/c1nc2ccccc2s1)c1ccc(CC(=O)O)cc1. The van der Waals surface area contributed by atoms with E-state index in [1.165, 1.54) is 4.70 Å². The molecule has 0 spiro atoms. The summed E-state index contributed by atoms with van der Waals surface area (Å²) >= 11 is 1.65. The minimum Gasteiger partial charge on any atom is -0.481 e. The van der Waals surface area contributed by atoms with Crippen LogP contribution in [0.3, 0.4) is 0 Å². The smallest absolute Gasteiger partial charge is 0.307 e. The van der Waals surface area contributed by atoms with Gasteiger partial charge in [-0.25, -0.2) is 4.98 Å². The van der Waals surface area contributed by atoms with Crippen LogP contribution in [-0.2, 0) is 11.2 Å². The maximum absolute atomic E-state index is 10.7. The van der Waals surface area contributed by atoms with Crippen molar-refractivity contribution >= 4 is 39.3 Å². The van der Waals surface area contributed by atoms with E-state index in [0.29, 0.717) is 0 Å². The number of benzene rings is 2. The van der Waals surface area contributed by atoms with Crippen molar-refractivity contribution in [2.45, 2.75) is 6.42 Å². The average molecular weight is 324 g/mol. The first-order valence-electron chi connectivity index (χ1n) is 7.19. The van der Waals surface area contributed by atoms with Crippen molar-refractivity contribution in [1.29, 1.82) is 0 Å². The Kier molecular flexibility index (Phi) is 4.39. The Balaban J connectivity index is 1.72. The molecule has 23 heavy (non-hydrogen) atoms. The molecular formula is C18H16N2O2S. The Morgan fingerprint density at radius 2 is 1.96 bits per heavy atom. The molecular weight excluding hydrogens is 308 g/mol. The second kappa shape index (κ2) is 6.62. The summed E-state index contributed by atoms with van der Waals surface area (Å²) in [7, 11) is 1.95. The summed E-state index contributed by atoms with van der Waals surface area (Å²) in [6.07, 6.45) is 3.99. The maximum atomic E-state index is 10.7. The molecule has 0 amide bonds. The zero-order valence-electron chi connectivity index (χ0n) is 12.6. The van der Waals surface area contributed by atoms with Crippen molar-refractivity contribution in [3.05, 3.63) is 65.3 Å². The van der Waals surface area contributed by atoms with Crippen LogP contribution in [0.4, 0.5) is 5.69 Å². The molecule has 0 bridgehead atoms. The average Bonchev–Trinajstić information content (AvgIpc) is 2.95. The highest BCUT2D eigenvalue weighted by atomic mass is 32.1. The molecule has 1 N–H and O–H groups in total. The number of thiazole rings is 1. The minimum atomic E-state index is -0.818. The van der Waals surface area contributed by atoms with E-state index in [1.54, 1.807) is 11.3 Å². The van der Waals surface area contributed by atoms with E-state index in [9.17, 15) is 4.79 Å². The predicted molar refractivity (Wildman–Crippen MR) is 94.8 cm³/mol. The van der Waals surface area contributed by atoms with Crippen LogP contribution in [0, 0.1) is 0 Å². The van der Waals surface area contributed by atoms with Crippen molar-refractivity contribution in [3.8, 4) is 0 Å². The van der Waals surface area contributed by atoms with Gasteiger partial charge < -0.3 is 10.0 Å². The fraction of sp³-hybridized carbons (Fsp3) is 0.111. The second-order valence-electron chi connectivity index (χ2n) is 5.18. The van der Waals surface area contributed by atoms with E-state index in [1.807, 2.05) is 66.7 Å². The third-order valence-electron chi connectivity index (χ3n) is 3.45. The number of hydrogen-bond acceptors (Lipinski definition) is 4. The third kappa shape index (κ3) is 3.76. The molecule has 0 unspecified atom stereocenters. The van der Waals surface area contributed by atoms with Crippen LogP contribution in [0.25, 0.3) is 16.3 Å². The van der Waals surface area contributed by atoms with Gasteiger partial charge in [0.2, 0.25) is 0 Å². The highest BCUT2D eigenvalue weighted by Gasteiger charge is 2.03. The van der Waals surface area contributed by atoms with Crippen molar-refractivity contribution < 1.29 is 9.90 Å². The van der Waals surface area contributed by atoms with E-state index in [0.717, 1.165) is 21.8 Å². The van der Waals surface area contributed by atoms with Crippen molar-refractivity contribution in [2.75, 3.05) is 11.9 Å². The number of carboxylic acid groups (broad SMARTS) is 1. The molecule has 0 saturated carbocycles. The molecule has 4 nitrogen and oxygen atoms in total. The first kappa shape index (κ1) is 15.2. The monoisotopic (exact) mass is 324 g/mol. The summed E-state index contributed by atoms with van der Waals surface area (Å²) < 4.78 is 1.17. The Morgan fingerprint density at radius 1 is 1.22 bits per heavy atom. The summed E-state index contributed by atoms with van der Waals surface area (Å²) in [5, 5.41) is 9.75. The lowest BCUT2D eigenvalue weighted by Gasteiger charge is -2.14. The number of fused-ring (bicyclic) bond motifs is 1. The summed E-state index contributed by atoms with van der Waals surface area (Å²) in [5.74, 6) is -0.818. The van der Waals surface area contributed by atoms with Crippen molar-refractivity contribution in [1.82, 2.24) is 4.98 Å². The van der Waals surface area contributed by atoms with Crippen LogP contribution in [0.2, 0.25) is 0 Å². The molecule has 3 aromatic rings. The van der Waals surface area contributed by atoms with Crippen LogP contribution < -0.4 is 4.90 Å². The lowest BCUT2D eigenvalue weighted by atomic mass is 10.1. The Bertz CT molecular complexity index is 820. The predicted octanol–water partition coefficient (Wildman–Crippen LogP) is 4.03. The number of carbonyl (C=O) groups is 1. The Morgan fingerprint density at radius 3 is 2.65 bits per heavy atom. The highest BCUT2D eigenvalue weighted by Crippen LogP contribution is 2.23.